The number of pyridine rings is 1. The van der Waals surface area contributed by atoms with Gasteiger partial charge in [-0.25, -0.2) is 4.39 Å². The van der Waals surface area contributed by atoms with Crippen molar-refractivity contribution in [1.82, 2.24) is 4.98 Å². The molecule has 0 fully saturated rings. The van der Waals surface area contributed by atoms with Crippen molar-refractivity contribution in [2.75, 3.05) is 5.75 Å². The van der Waals surface area contributed by atoms with Crippen LogP contribution in [-0.2, 0) is 6.42 Å². The number of hydrogen-bond acceptors (Lipinski definition) is 3. The van der Waals surface area contributed by atoms with E-state index in [1.165, 1.54) is 23.4 Å². The molecular formula is C17H19FN2S. The highest BCUT2D eigenvalue weighted by atomic mass is 32.2. The Bertz CT molecular complexity index is 617. The summed E-state index contributed by atoms with van der Waals surface area (Å²) in [4.78, 5) is 5.20. The maximum Gasteiger partial charge on any atom is 0.136 e. The van der Waals surface area contributed by atoms with Crippen LogP contribution < -0.4 is 5.73 Å². The Labute approximate surface area is 129 Å². The molecule has 2 aromatic rings. The molecule has 0 amide bonds. The first-order chi connectivity index (χ1) is 10.3. The normalized spacial score (nSPS) is 19.0. The quantitative estimate of drug-likeness (QED) is 0.874. The average molecular weight is 302 g/mol. The van der Waals surface area contributed by atoms with Crippen LogP contribution >= 0.6 is 11.8 Å². The van der Waals surface area contributed by atoms with E-state index >= 15 is 0 Å². The van der Waals surface area contributed by atoms with Gasteiger partial charge in [0.15, 0.2) is 0 Å². The molecule has 0 spiro atoms. The maximum atomic E-state index is 13.6. The highest BCUT2D eigenvalue weighted by Gasteiger charge is 2.26. The first-order valence-corrected chi connectivity index (χ1v) is 8.31. The summed E-state index contributed by atoms with van der Waals surface area (Å²) in [7, 11) is 0. The van der Waals surface area contributed by atoms with E-state index in [4.69, 9.17) is 5.73 Å². The van der Waals surface area contributed by atoms with Crippen LogP contribution in [0.15, 0.2) is 47.5 Å². The van der Waals surface area contributed by atoms with Crippen LogP contribution in [0.2, 0.25) is 0 Å². The molecule has 21 heavy (non-hydrogen) atoms. The van der Waals surface area contributed by atoms with Crippen molar-refractivity contribution in [3.63, 3.8) is 0 Å². The van der Waals surface area contributed by atoms with Crippen LogP contribution in [0.1, 0.15) is 30.0 Å². The molecule has 0 radical (unpaired) electrons. The van der Waals surface area contributed by atoms with Crippen LogP contribution in [0.4, 0.5) is 4.39 Å². The first kappa shape index (κ1) is 14.5. The monoisotopic (exact) mass is 302 g/mol. The fourth-order valence-electron chi connectivity index (χ4n) is 2.93. The Hall–Kier alpha value is -1.39. The summed E-state index contributed by atoms with van der Waals surface area (Å²) in [6.07, 6.45) is 5.16. The van der Waals surface area contributed by atoms with Crippen molar-refractivity contribution < 1.29 is 4.39 Å². The molecule has 1 aromatic carbocycles. The van der Waals surface area contributed by atoms with Gasteiger partial charge in [-0.05, 0) is 43.0 Å². The molecule has 1 aliphatic rings. The van der Waals surface area contributed by atoms with E-state index in [0.717, 1.165) is 25.0 Å². The average Bonchev–Trinajstić information content (AvgIpc) is 2.53. The molecule has 0 saturated carbocycles. The SMILES string of the molecule is NC(CSc1ccccc1F)C1CCCc2cccnc21. The summed E-state index contributed by atoms with van der Waals surface area (Å²) >= 11 is 1.50. The van der Waals surface area contributed by atoms with Gasteiger partial charge in [-0.2, -0.15) is 0 Å². The Balaban J connectivity index is 1.69. The van der Waals surface area contributed by atoms with Gasteiger partial charge < -0.3 is 5.73 Å². The van der Waals surface area contributed by atoms with Gasteiger partial charge in [-0.15, -0.1) is 11.8 Å². The minimum absolute atomic E-state index is 0.00329. The molecule has 1 heterocycles. The van der Waals surface area contributed by atoms with E-state index in [2.05, 4.69) is 11.1 Å². The van der Waals surface area contributed by atoms with Gasteiger partial charge >= 0.3 is 0 Å². The molecule has 2 N–H and O–H groups in total. The lowest BCUT2D eigenvalue weighted by Crippen LogP contribution is -2.33. The Morgan fingerprint density at radius 2 is 2.14 bits per heavy atom. The lowest BCUT2D eigenvalue weighted by molar-refractivity contribution is 0.477. The van der Waals surface area contributed by atoms with E-state index in [-0.39, 0.29) is 17.8 Å². The van der Waals surface area contributed by atoms with Crippen molar-refractivity contribution in [3.05, 3.63) is 59.7 Å². The predicted molar refractivity (Wildman–Crippen MR) is 85.0 cm³/mol. The molecule has 0 bridgehead atoms. The van der Waals surface area contributed by atoms with Gasteiger partial charge in [0.05, 0.1) is 0 Å². The fourth-order valence-corrected chi connectivity index (χ4v) is 3.91. The van der Waals surface area contributed by atoms with Gasteiger partial charge in [-0.1, -0.05) is 18.2 Å². The van der Waals surface area contributed by atoms with Crippen LogP contribution in [0.5, 0.6) is 0 Å². The van der Waals surface area contributed by atoms with Gasteiger partial charge in [-0.3, -0.25) is 4.98 Å². The van der Waals surface area contributed by atoms with Crippen molar-refractivity contribution in [1.29, 1.82) is 0 Å². The third-order valence-corrected chi connectivity index (χ3v) is 5.22. The summed E-state index contributed by atoms with van der Waals surface area (Å²) in [6.45, 7) is 0. The molecule has 110 valence electrons. The minimum atomic E-state index is -0.170. The largest absolute Gasteiger partial charge is 0.326 e. The lowest BCUT2D eigenvalue weighted by Gasteiger charge is -2.28. The molecule has 4 heteroatoms. The zero-order chi connectivity index (χ0) is 14.7. The third kappa shape index (κ3) is 3.27. The third-order valence-electron chi connectivity index (χ3n) is 4.02. The number of aryl methyl sites for hydroxylation is 1. The van der Waals surface area contributed by atoms with Crippen molar-refractivity contribution in [2.24, 2.45) is 5.73 Å². The second kappa shape index (κ2) is 6.58. The number of aromatic nitrogens is 1. The molecule has 1 aliphatic carbocycles. The number of halogens is 1. The highest BCUT2D eigenvalue weighted by Crippen LogP contribution is 2.34. The Morgan fingerprint density at radius 3 is 3.00 bits per heavy atom. The molecule has 1 aromatic heterocycles. The Morgan fingerprint density at radius 1 is 1.29 bits per heavy atom. The van der Waals surface area contributed by atoms with Gasteiger partial charge in [0.2, 0.25) is 0 Å². The Kier molecular flexibility index (Phi) is 4.56. The fraction of sp³-hybridized carbons (Fsp3) is 0.353. The highest BCUT2D eigenvalue weighted by molar-refractivity contribution is 7.99. The van der Waals surface area contributed by atoms with E-state index in [0.29, 0.717) is 10.6 Å². The maximum absolute atomic E-state index is 13.6. The molecule has 3 rings (SSSR count). The van der Waals surface area contributed by atoms with E-state index in [9.17, 15) is 4.39 Å². The van der Waals surface area contributed by atoms with Gasteiger partial charge in [0.25, 0.3) is 0 Å². The van der Waals surface area contributed by atoms with Crippen LogP contribution in [0, 0.1) is 5.82 Å². The zero-order valence-electron chi connectivity index (χ0n) is 11.8. The van der Waals surface area contributed by atoms with Crippen molar-refractivity contribution in [3.8, 4) is 0 Å². The van der Waals surface area contributed by atoms with E-state index < -0.39 is 0 Å². The summed E-state index contributed by atoms with van der Waals surface area (Å²) in [5.41, 5.74) is 8.84. The predicted octanol–water partition coefficient (Wildman–Crippen LogP) is 3.76. The second-order valence-corrected chi connectivity index (χ2v) is 6.51. The number of rotatable bonds is 4. The topological polar surface area (TPSA) is 38.9 Å². The van der Waals surface area contributed by atoms with Crippen molar-refractivity contribution >= 4 is 11.8 Å². The standard InChI is InChI=1S/C17H19FN2S/c18-14-8-1-2-9-16(14)21-11-15(19)13-7-3-5-12-6-4-10-20-17(12)13/h1-2,4,6,8-10,13,15H,3,5,7,11,19H2. The summed E-state index contributed by atoms with van der Waals surface area (Å²) in [6, 6.07) is 11.0. The minimum Gasteiger partial charge on any atom is -0.326 e. The summed E-state index contributed by atoms with van der Waals surface area (Å²) < 4.78 is 13.6. The molecule has 0 saturated heterocycles. The van der Waals surface area contributed by atoms with Crippen LogP contribution in [0.25, 0.3) is 0 Å². The van der Waals surface area contributed by atoms with Crippen molar-refractivity contribution in [2.45, 2.75) is 36.1 Å². The second-order valence-electron chi connectivity index (χ2n) is 5.45. The number of thioether (sulfide) groups is 1. The van der Waals surface area contributed by atoms with Crippen LogP contribution in [0.3, 0.4) is 0 Å². The molecule has 2 unspecified atom stereocenters. The van der Waals surface area contributed by atoms with E-state index in [1.807, 2.05) is 18.3 Å². The molecule has 2 atom stereocenters. The number of nitrogens with zero attached hydrogens (tertiary/aromatic N) is 1. The number of hydrogen-bond donors (Lipinski definition) is 1. The number of benzene rings is 1. The lowest BCUT2D eigenvalue weighted by atomic mass is 9.83. The van der Waals surface area contributed by atoms with E-state index in [1.54, 1.807) is 12.1 Å². The zero-order valence-corrected chi connectivity index (χ0v) is 12.7. The smallest absolute Gasteiger partial charge is 0.136 e. The number of nitrogens with two attached hydrogens (primary N) is 1. The molecule has 0 aliphatic heterocycles. The number of fused-ring (bicyclic) bond motifs is 1. The molecular weight excluding hydrogens is 283 g/mol. The summed E-state index contributed by atoms with van der Waals surface area (Å²) in [5, 5.41) is 0. The van der Waals surface area contributed by atoms with Gasteiger partial charge in [0, 0.05) is 34.5 Å². The summed E-state index contributed by atoms with van der Waals surface area (Å²) in [5.74, 6) is 0.827. The van der Waals surface area contributed by atoms with Gasteiger partial charge in [0.1, 0.15) is 5.82 Å². The van der Waals surface area contributed by atoms with Crippen LogP contribution in [-0.4, -0.2) is 16.8 Å². The first-order valence-electron chi connectivity index (χ1n) is 7.32. The molecule has 2 nitrogen and oxygen atoms in total.